The number of guanidine groups is 1. The second-order valence-corrected chi connectivity index (χ2v) is 6.42. The zero-order valence-electron chi connectivity index (χ0n) is 16.5. The van der Waals surface area contributed by atoms with Crippen LogP contribution in [-0.2, 0) is 6.54 Å². The maximum absolute atomic E-state index is 12.5. The van der Waals surface area contributed by atoms with E-state index in [1.54, 1.807) is 40.5 Å². The minimum atomic E-state index is -4.18. The van der Waals surface area contributed by atoms with E-state index in [2.05, 4.69) is 15.6 Å². The van der Waals surface area contributed by atoms with Crippen molar-refractivity contribution in [2.24, 2.45) is 4.99 Å². The monoisotopic (exact) mass is 404 g/mol. The van der Waals surface area contributed by atoms with Crippen molar-refractivity contribution in [2.75, 3.05) is 48.0 Å². The predicted molar refractivity (Wildman–Crippen MR) is 100 cm³/mol. The third-order valence-electron chi connectivity index (χ3n) is 4.49. The molecular weight excluding hydrogens is 377 g/mol. The summed E-state index contributed by atoms with van der Waals surface area (Å²) in [5, 5.41) is 6.33. The number of hydrogen-bond donors (Lipinski definition) is 2. The van der Waals surface area contributed by atoms with E-state index < -0.39 is 12.7 Å². The van der Waals surface area contributed by atoms with Crippen LogP contribution in [0.3, 0.4) is 0 Å². The molecule has 1 aromatic rings. The number of aliphatic imine (C=N–C) groups is 1. The van der Waals surface area contributed by atoms with E-state index >= 15 is 0 Å². The van der Waals surface area contributed by atoms with Gasteiger partial charge in [-0.25, -0.2) is 0 Å². The van der Waals surface area contributed by atoms with Gasteiger partial charge >= 0.3 is 6.18 Å². The van der Waals surface area contributed by atoms with Gasteiger partial charge < -0.3 is 24.8 Å². The largest absolute Gasteiger partial charge is 0.496 e. The van der Waals surface area contributed by atoms with Gasteiger partial charge in [-0.1, -0.05) is 0 Å². The van der Waals surface area contributed by atoms with Gasteiger partial charge in [0, 0.05) is 38.3 Å². The Morgan fingerprint density at radius 3 is 2.32 bits per heavy atom. The Balaban J connectivity index is 1.98. The molecule has 1 atom stereocenters. The van der Waals surface area contributed by atoms with E-state index in [0.717, 1.165) is 5.56 Å². The topological polar surface area (TPSA) is 67.4 Å². The van der Waals surface area contributed by atoms with Gasteiger partial charge in [-0.2, -0.15) is 13.2 Å². The van der Waals surface area contributed by atoms with E-state index in [1.165, 1.54) is 4.90 Å². The maximum atomic E-state index is 12.5. The number of nitrogens with one attached hydrogen (secondary N) is 2. The van der Waals surface area contributed by atoms with Gasteiger partial charge in [-0.15, -0.1) is 0 Å². The Morgan fingerprint density at radius 2 is 1.82 bits per heavy atom. The Hall–Kier alpha value is -2.36. The van der Waals surface area contributed by atoms with E-state index in [0.29, 0.717) is 49.3 Å². The van der Waals surface area contributed by atoms with Crippen molar-refractivity contribution in [1.82, 2.24) is 15.5 Å². The number of methoxy groups -OCH3 is 3. The highest BCUT2D eigenvalue weighted by Crippen LogP contribution is 2.33. The van der Waals surface area contributed by atoms with Crippen LogP contribution in [0, 0.1) is 0 Å². The molecule has 158 valence electrons. The van der Waals surface area contributed by atoms with Gasteiger partial charge in [0.1, 0.15) is 17.2 Å². The summed E-state index contributed by atoms with van der Waals surface area (Å²) in [6.07, 6.45) is -3.57. The van der Waals surface area contributed by atoms with Crippen molar-refractivity contribution in [3.63, 3.8) is 0 Å². The molecule has 2 N–H and O–H groups in total. The van der Waals surface area contributed by atoms with Crippen LogP contribution in [0.2, 0.25) is 0 Å². The molecule has 1 fully saturated rings. The lowest BCUT2D eigenvalue weighted by atomic mass is 10.1. The standard InChI is InChI=1S/C18H27F3N4O3/c1-22-17(24-12-5-6-25(10-12)11-18(19,20)21)23-9-14-15(27-3)7-13(26-2)8-16(14)28-4/h7-8,12H,5-6,9-11H2,1-4H3,(H2,22,23,24). The number of benzene rings is 1. The van der Waals surface area contributed by atoms with Crippen LogP contribution in [0.5, 0.6) is 17.2 Å². The Kier molecular flexibility index (Phi) is 7.61. The maximum Gasteiger partial charge on any atom is 0.401 e. The van der Waals surface area contributed by atoms with E-state index in [-0.39, 0.29) is 6.04 Å². The van der Waals surface area contributed by atoms with Crippen molar-refractivity contribution < 1.29 is 27.4 Å². The van der Waals surface area contributed by atoms with Gasteiger partial charge in [-0.05, 0) is 6.42 Å². The van der Waals surface area contributed by atoms with Crippen molar-refractivity contribution in [2.45, 2.75) is 25.2 Å². The highest BCUT2D eigenvalue weighted by molar-refractivity contribution is 5.80. The summed E-state index contributed by atoms with van der Waals surface area (Å²) in [4.78, 5) is 5.55. The minimum Gasteiger partial charge on any atom is -0.496 e. The highest BCUT2D eigenvalue weighted by atomic mass is 19.4. The molecule has 1 aromatic carbocycles. The molecule has 28 heavy (non-hydrogen) atoms. The first-order valence-corrected chi connectivity index (χ1v) is 8.84. The summed E-state index contributed by atoms with van der Waals surface area (Å²) in [7, 11) is 6.28. The fourth-order valence-electron chi connectivity index (χ4n) is 3.16. The zero-order valence-corrected chi connectivity index (χ0v) is 16.5. The van der Waals surface area contributed by atoms with Crippen molar-refractivity contribution >= 4 is 5.96 Å². The Morgan fingerprint density at radius 1 is 1.18 bits per heavy atom. The van der Waals surface area contributed by atoms with Gasteiger partial charge in [0.05, 0.1) is 40.0 Å². The quantitative estimate of drug-likeness (QED) is 0.535. The molecule has 1 heterocycles. The molecule has 0 saturated carbocycles. The summed E-state index contributed by atoms with van der Waals surface area (Å²) in [5.74, 6) is 2.29. The molecule has 2 rings (SSSR count). The van der Waals surface area contributed by atoms with Gasteiger partial charge in [0.15, 0.2) is 5.96 Å². The molecule has 0 bridgehead atoms. The first-order valence-electron chi connectivity index (χ1n) is 8.84. The van der Waals surface area contributed by atoms with Crippen molar-refractivity contribution in [3.05, 3.63) is 17.7 Å². The fraction of sp³-hybridized carbons (Fsp3) is 0.611. The van der Waals surface area contributed by atoms with Crippen LogP contribution in [0.4, 0.5) is 13.2 Å². The average molecular weight is 404 g/mol. The molecule has 1 aliphatic rings. The first-order chi connectivity index (χ1) is 13.3. The summed E-state index contributed by atoms with van der Waals surface area (Å²) in [5.41, 5.74) is 0.777. The van der Waals surface area contributed by atoms with Crippen molar-refractivity contribution in [3.8, 4) is 17.2 Å². The zero-order chi connectivity index (χ0) is 20.7. The second-order valence-electron chi connectivity index (χ2n) is 6.42. The third-order valence-corrected chi connectivity index (χ3v) is 4.49. The highest BCUT2D eigenvalue weighted by Gasteiger charge is 2.34. The lowest BCUT2D eigenvalue weighted by Crippen LogP contribution is -2.45. The number of alkyl halides is 3. The molecule has 0 spiro atoms. The van der Waals surface area contributed by atoms with Gasteiger partial charge in [-0.3, -0.25) is 9.89 Å². The van der Waals surface area contributed by atoms with Gasteiger partial charge in [0.2, 0.25) is 0 Å². The van der Waals surface area contributed by atoms with E-state index in [4.69, 9.17) is 14.2 Å². The molecule has 1 saturated heterocycles. The molecule has 0 amide bonds. The van der Waals surface area contributed by atoms with E-state index in [1.807, 2.05) is 0 Å². The van der Waals surface area contributed by atoms with Crippen LogP contribution in [0.15, 0.2) is 17.1 Å². The lowest BCUT2D eigenvalue weighted by Gasteiger charge is -2.21. The third kappa shape index (κ3) is 6.08. The second kappa shape index (κ2) is 9.72. The summed E-state index contributed by atoms with van der Waals surface area (Å²) < 4.78 is 53.7. The SMILES string of the molecule is CN=C(NCc1c(OC)cc(OC)cc1OC)NC1CCN(CC(F)(F)F)C1. The Bertz CT molecular complexity index is 658. The number of ether oxygens (including phenoxy) is 3. The smallest absolute Gasteiger partial charge is 0.401 e. The van der Waals surface area contributed by atoms with Crippen LogP contribution in [0.25, 0.3) is 0 Å². The lowest BCUT2D eigenvalue weighted by molar-refractivity contribution is -0.143. The Labute approximate surface area is 162 Å². The molecule has 0 aromatic heterocycles. The van der Waals surface area contributed by atoms with Crippen LogP contribution >= 0.6 is 0 Å². The average Bonchev–Trinajstić information content (AvgIpc) is 3.09. The molecule has 1 aliphatic heterocycles. The molecule has 0 radical (unpaired) electrons. The molecule has 10 heteroatoms. The van der Waals surface area contributed by atoms with Crippen LogP contribution in [0.1, 0.15) is 12.0 Å². The van der Waals surface area contributed by atoms with Crippen LogP contribution < -0.4 is 24.8 Å². The summed E-state index contributed by atoms with van der Waals surface area (Å²) >= 11 is 0. The van der Waals surface area contributed by atoms with Gasteiger partial charge in [0.25, 0.3) is 0 Å². The summed E-state index contributed by atoms with van der Waals surface area (Å²) in [6.45, 7) is 0.177. The van der Waals surface area contributed by atoms with Crippen molar-refractivity contribution in [1.29, 1.82) is 0 Å². The number of halogens is 3. The van der Waals surface area contributed by atoms with Crippen LogP contribution in [-0.4, -0.2) is 71.1 Å². The normalized spacial score (nSPS) is 18.1. The first kappa shape index (κ1) is 21.9. The minimum absolute atomic E-state index is 0.104. The molecule has 0 aliphatic carbocycles. The molecule has 1 unspecified atom stereocenters. The molecule has 7 nitrogen and oxygen atoms in total. The molecular formula is C18H27F3N4O3. The number of rotatable bonds is 7. The van der Waals surface area contributed by atoms with E-state index in [9.17, 15) is 13.2 Å². The predicted octanol–water partition coefficient (Wildman–Crippen LogP) is 2.01. The summed E-state index contributed by atoms with van der Waals surface area (Å²) in [6, 6.07) is 3.40. The number of nitrogens with zero attached hydrogens (tertiary/aromatic N) is 2. The number of likely N-dealkylation sites (tertiary alicyclic amines) is 1. The fourth-order valence-corrected chi connectivity index (χ4v) is 3.16. The number of hydrogen-bond acceptors (Lipinski definition) is 5.